The van der Waals surface area contributed by atoms with Crippen molar-refractivity contribution in [1.29, 1.82) is 0 Å². The van der Waals surface area contributed by atoms with Gasteiger partial charge in [0.1, 0.15) is 0 Å². The van der Waals surface area contributed by atoms with Crippen LogP contribution in [0.2, 0.25) is 0 Å². The molecular weight excluding hydrogens is 178 g/mol. The summed E-state index contributed by atoms with van der Waals surface area (Å²) < 4.78 is 7.99. The highest BCUT2D eigenvalue weighted by molar-refractivity contribution is 7.98. The van der Waals surface area contributed by atoms with Gasteiger partial charge in [0, 0.05) is 17.5 Å². The minimum Gasteiger partial charge on any atom is -0.327 e. The van der Waals surface area contributed by atoms with E-state index in [0.717, 1.165) is 17.2 Å². The summed E-state index contributed by atoms with van der Waals surface area (Å²) in [5.74, 6) is 1.91. The molecular formula is C6H11N3S2. The number of nitrogens with two attached hydrogens (primary N) is 1. The van der Waals surface area contributed by atoms with Crippen LogP contribution in [0.25, 0.3) is 0 Å². The molecule has 0 saturated heterocycles. The monoisotopic (exact) mass is 189 g/mol. The molecule has 0 aliphatic carbocycles. The van der Waals surface area contributed by atoms with E-state index in [0.29, 0.717) is 0 Å². The number of rotatable bonds is 4. The average molecular weight is 189 g/mol. The maximum Gasteiger partial charge on any atom is 0.0841 e. The molecule has 0 amide bonds. The Kier molecular flexibility index (Phi) is 3.82. The predicted octanol–water partition coefficient (Wildman–Crippen LogP) is 1.12. The van der Waals surface area contributed by atoms with Gasteiger partial charge in [0.05, 0.1) is 23.6 Å². The van der Waals surface area contributed by atoms with Crippen LogP contribution >= 0.6 is 23.5 Å². The first-order chi connectivity index (χ1) is 5.29. The Bertz CT molecular complexity index is 186. The Labute approximate surface area is 74.7 Å². The molecule has 0 saturated carbocycles. The van der Waals surface area contributed by atoms with E-state index in [-0.39, 0.29) is 6.04 Å². The molecule has 1 atom stereocenters. The van der Waals surface area contributed by atoms with Gasteiger partial charge in [0.2, 0.25) is 0 Å². The summed E-state index contributed by atoms with van der Waals surface area (Å²) in [6.45, 7) is 2.01. The van der Waals surface area contributed by atoms with E-state index in [2.05, 4.69) is 8.75 Å². The van der Waals surface area contributed by atoms with Crippen LogP contribution in [0.4, 0.5) is 0 Å². The van der Waals surface area contributed by atoms with Crippen molar-refractivity contribution in [3.8, 4) is 0 Å². The molecule has 0 spiro atoms. The van der Waals surface area contributed by atoms with Gasteiger partial charge >= 0.3 is 0 Å². The summed E-state index contributed by atoms with van der Waals surface area (Å²) in [6.07, 6.45) is 1.80. The zero-order valence-corrected chi connectivity index (χ0v) is 7.99. The first kappa shape index (κ1) is 8.96. The van der Waals surface area contributed by atoms with Crippen LogP contribution in [-0.4, -0.2) is 20.5 Å². The standard InChI is InChI=1S/C6H11N3S2/c1-5(7)3-10-4-6-2-8-11-9-6/h2,5H,3-4,7H2,1H3. The van der Waals surface area contributed by atoms with Crippen LogP contribution in [-0.2, 0) is 5.75 Å². The van der Waals surface area contributed by atoms with Gasteiger partial charge in [0.25, 0.3) is 0 Å². The lowest BCUT2D eigenvalue weighted by Gasteiger charge is -2.01. The zero-order valence-electron chi connectivity index (χ0n) is 6.36. The fraction of sp³-hybridized carbons (Fsp3) is 0.667. The normalized spacial score (nSPS) is 13.3. The zero-order chi connectivity index (χ0) is 8.10. The van der Waals surface area contributed by atoms with Gasteiger partial charge in [-0.05, 0) is 6.92 Å². The van der Waals surface area contributed by atoms with Crippen molar-refractivity contribution >= 4 is 23.5 Å². The van der Waals surface area contributed by atoms with Crippen LogP contribution in [0.5, 0.6) is 0 Å². The van der Waals surface area contributed by atoms with Crippen LogP contribution in [0.1, 0.15) is 12.6 Å². The van der Waals surface area contributed by atoms with Crippen LogP contribution in [0, 0.1) is 0 Å². The molecule has 3 nitrogen and oxygen atoms in total. The van der Waals surface area contributed by atoms with E-state index in [1.165, 1.54) is 11.7 Å². The lowest BCUT2D eigenvalue weighted by molar-refractivity contribution is 0.847. The molecule has 0 aliphatic rings. The number of hydrogen-bond donors (Lipinski definition) is 1. The SMILES string of the molecule is CC(N)CSCc1cnsn1. The molecule has 0 aromatic carbocycles. The topological polar surface area (TPSA) is 51.8 Å². The van der Waals surface area contributed by atoms with Crippen molar-refractivity contribution in [3.63, 3.8) is 0 Å². The highest BCUT2D eigenvalue weighted by Gasteiger charge is 1.97. The summed E-state index contributed by atoms with van der Waals surface area (Å²) in [7, 11) is 0. The largest absolute Gasteiger partial charge is 0.327 e. The number of hydrogen-bond acceptors (Lipinski definition) is 5. The molecule has 1 aromatic rings. The molecule has 62 valence electrons. The van der Waals surface area contributed by atoms with Gasteiger partial charge in [-0.15, -0.1) is 0 Å². The maximum atomic E-state index is 5.58. The summed E-state index contributed by atoms with van der Waals surface area (Å²) >= 11 is 3.05. The molecule has 11 heavy (non-hydrogen) atoms. The lowest BCUT2D eigenvalue weighted by atomic mass is 10.4. The van der Waals surface area contributed by atoms with E-state index in [4.69, 9.17) is 5.73 Å². The van der Waals surface area contributed by atoms with Crippen LogP contribution in [0.15, 0.2) is 6.20 Å². The average Bonchev–Trinajstić information content (AvgIpc) is 2.39. The Morgan fingerprint density at radius 2 is 2.64 bits per heavy atom. The number of aromatic nitrogens is 2. The second kappa shape index (κ2) is 4.69. The van der Waals surface area contributed by atoms with Crippen molar-refractivity contribution in [2.45, 2.75) is 18.7 Å². The van der Waals surface area contributed by atoms with Gasteiger partial charge < -0.3 is 5.73 Å². The Balaban J connectivity index is 2.14. The first-order valence-corrected chi connectivity index (χ1v) is 5.27. The van der Waals surface area contributed by atoms with Crippen molar-refractivity contribution in [1.82, 2.24) is 8.75 Å². The van der Waals surface area contributed by atoms with Gasteiger partial charge in [0.15, 0.2) is 0 Å². The van der Waals surface area contributed by atoms with Gasteiger partial charge in [-0.25, -0.2) is 0 Å². The van der Waals surface area contributed by atoms with Crippen molar-refractivity contribution in [3.05, 3.63) is 11.9 Å². The molecule has 0 bridgehead atoms. The molecule has 2 N–H and O–H groups in total. The van der Waals surface area contributed by atoms with Gasteiger partial charge in [-0.2, -0.15) is 20.5 Å². The maximum absolute atomic E-state index is 5.58. The minimum atomic E-state index is 0.270. The highest BCUT2D eigenvalue weighted by atomic mass is 32.2. The Morgan fingerprint density at radius 1 is 1.82 bits per heavy atom. The number of thioether (sulfide) groups is 1. The van der Waals surface area contributed by atoms with Crippen LogP contribution < -0.4 is 5.73 Å². The van der Waals surface area contributed by atoms with E-state index in [9.17, 15) is 0 Å². The fourth-order valence-electron chi connectivity index (χ4n) is 0.597. The van der Waals surface area contributed by atoms with Crippen LogP contribution in [0.3, 0.4) is 0 Å². The minimum absolute atomic E-state index is 0.270. The quantitative estimate of drug-likeness (QED) is 0.771. The molecule has 1 rings (SSSR count). The molecule has 1 heterocycles. The molecule has 0 radical (unpaired) electrons. The van der Waals surface area contributed by atoms with Gasteiger partial charge in [-0.3, -0.25) is 0 Å². The third kappa shape index (κ3) is 3.69. The summed E-state index contributed by atoms with van der Waals surface area (Å²) in [5, 5.41) is 0. The molecule has 5 heteroatoms. The highest BCUT2D eigenvalue weighted by Crippen LogP contribution is 2.10. The molecule has 0 fully saturated rings. The summed E-state index contributed by atoms with van der Waals surface area (Å²) in [5.41, 5.74) is 6.63. The first-order valence-electron chi connectivity index (χ1n) is 3.39. The lowest BCUT2D eigenvalue weighted by Crippen LogP contribution is -2.17. The second-order valence-electron chi connectivity index (χ2n) is 2.39. The van der Waals surface area contributed by atoms with E-state index < -0.39 is 0 Å². The predicted molar refractivity (Wildman–Crippen MR) is 49.7 cm³/mol. The third-order valence-corrected chi connectivity index (χ3v) is 2.81. The van der Waals surface area contributed by atoms with E-state index >= 15 is 0 Å². The fourth-order valence-corrected chi connectivity index (χ4v) is 1.95. The smallest absolute Gasteiger partial charge is 0.0841 e. The Morgan fingerprint density at radius 3 is 3.18 bits per heavy atom. The van der Waals surface area contributed by atoms with Crippen molar-refractivity contribution in [2.75, 3.05) is 5.75 Å². The number of nitrogens with zero attached hydrogens (tertiary/aromatic N) is 2. The van der Waals surface area contributed by atoms with E-state index in [1.807, 2.05) is 6.92 Å². The molecule has 1 aromatic heterocycles. The molecule has 1 unspecified atom stereocenters. The molecule has 0 aliphatic heterocycles. The summed E-state index contributed by atoms with van der Waals surface area (Å²) in [6, 6.07) is 0.270. The second-order valence-corrected chi connectivity index (χ2v) is 3.98. The summed E-state index contributed by atoms with van der Waals surface area (Å²) in [4.78, 5) is 0. The van der Waals surface area contributed by atoms with Gasteiger partial charge in [-0.1, -0.05) is 0 Å². The van der Waals surface area contributed by atoms with E-state index in [1.54, 1.807) is 18.0 Å². The van der Waals surface area contributed by atoms with Crippen molar-refractivity contribution < 1.29 is 0 Å². The third-order valence-electron chi connectivity index (χ3n) is 1.04. The van der Waals surface area contributed by atoms with Crippen molar-refractivity contribution in [2.24, 2.45) is 5.73 Å². The Hall–Kier alpha value is -0.130.